The standard InChI is InChI=1S/C9H8N3O2/c1-11-5-10-8-6(9(11)14)3-4-7(13)12(8)2/h4-5H,1-2H3. The maximum absolute atomic E-state index is 11.6. The van der Waals surface area contributed by atoms with Crippen molar-refractivity contribution in [2.45, 2.75) is 0 Å². The Kier molecular flexibility index (Phi) is 1.73. The maximum Gasteiger partial charge on any atom is 0.263 e. The summed E-state index contributed by atoms with van der Waals surface area (Å²) in [5.41, 5.74) is -0.0653. The smallest absolute Gasteiger partial charge is 0.263 e. The van der Waals surface area contributed by atoms with Crippen LogP contribution in [0, 0.1) is 6.07 Å². The first-order chi connectivity index (χ1) is 6.61. The van der Waals surface area contributed by atoms with Crippen LogP contribution in [0.15, 0.2) is 22.0 Å². The molecule has 0 amide bonds. The summed E-state index contributed by atoms with van der Waals surface area (Å²) in [4.78, 5) is 26.8. The lowest BCUT2D eigenvalue weighted by Crippen LogP contribution is -2.23. The molecule has 0 spiro atoms. The highest BCUT2D eigenvalue weighted by molar-refractivity contribution is 5.72. The minimum Gasteiger partial charge on any atom is -0.302 e. The maximum atomic E-state index is 11.6. The van der Waals surface area contributed by atoms with Crippen LogP contribution in [0.4, 0.5) is 0 Å². The van der Waals surface area contributed by atoms with Gasteiger partial charge in [-0.2, -0.15) is 0 Å². The van der Waals surface area contributed by atoms with Crippen LogP contribution < -0.4 is 11.1 Å². The van der Waals surface area contributed by atoms with Gasteiger partial charge in [-0.1, -0.05) is 0 Å². The molecule has 2 heterocycles. The Morgan fingerprint density at radius 1 is 1.36 bits per heavy atom. The minimum absolute atomic E-state index is 0.203. The molecule has 2 rings (SSSR count). The molecule has 5 nitrogen and oxygen atoms in total. The zero-order valence-electron chi connectivity index (χ0n) is 7.81. The molecule has 0 aliphatic heterocycles. The topological polar surface area (TPSA) is 56.9 Å². The van der Waals surface area contributed by atoms with Crippen molar-refractivity contribution in [2.24, 2.45) is 14.1 Å². The van der Waals surface area contributed by atoms with Crippen LogP contribution in [0.2, 0.25) is 0 Å². The van der Waals surface area contributed by atoms with Gasteiger partial charge >= 0.3 is 0 Å². The monoisotopic (exact) mass is 190 g/mol. The summed E-state index contributed by atoms with van der Waals surface area (Å²) in [5, 5.41) is 0.331. The number of pyridine rings is 1. The highest BCUT2D eigenvalue weighted by Gasteiger charge is 2.04. The quantitative estimate of drug-likeness (QED) is 0.559. The Morgan fingerprint density at radius 3 is 2.79 bits per heavy atom. The van der Waals surface area contributed by atoms with Crippen LogP contribution in [0.5, 0.6) is 0 Å². The number of hydrogen-bond donors (Lipinski definition) is 0. The molecule has 0 atom stereocenters. The van der Waals surface area contributed by atoms with Crippen LogP contribution >= 0.6 is 0 Å². The Morgan fingerprint density at radius 2 is 2.07 bits per heavy atom. The molecule has 2 aromatic heterocycles. The molecule has 1 radical (unpaired) electrons. The molecule has 0 unspecified atom stereocenters. The van der Waals surface area contributed by atoms with Crippen molar-refractivity contribution in [3.05, 3.63) is 39.2 Å². The first kappa shape index (κ1) is 8.68. The van der Waals surface area contributed by atoms with E-state index in [1.165, 1.54) is 21.5 Å². The van der Waals surface area contributed by atoms with Crippen molar-refractivity contribution in [1.82, 2.24) is 14.1 Å². The Labute approximate surface area is 79.2 Å². The summed E-state index contributed by atoms with van der Waals surface area (Å²) >= 11 is 0. The number of aromatic nitrogens is 3. The van der Waals surface area contributed by atoms with E-state index in [1.54, 1.807) is 14.1 Å². The SMILES string of the molecule is Cn1cnc2c([c]cc(=O)n2C)c1=O. The number of hydrogen-bond acceptors (Lipinski definition) is 3. The molecule has 0 saturated heterocycles. The van der Waals surface area contributed by atoms with E-state index >= 15 is 0 Å². The van der Waals surface area contributed by atoms with Crippen LogP contribution in [0.3, 0.4) is 0 Å². The van der Waals surface area contributed by atoms with E-state index in [1.807, 2.05) is 0 Å². The summed E-state index contributed by atoms with van der Waals surface area (Å²) in [6, 6.07) is 3.88. The van der Waals surface area contributed by atoms with E-state index in [0.29, 0.717) is 11.0 Å². The third-order valence-corrected chi connectivity index (χ3v) is 2.10. The third-order valence-electron chi connectivity index (χ3n) is 2.10. The van der Waals surface area contributed by atoms with E-state index in [0.717, 1.165) is 0 Å². The number of rotatable bonds is 0. The zero-order chi connectivity index (χ0) is 10.3. The van der Waals surface area contributed by atoms with Gasteiger partial charge in [0, 0.05) is 26.2 Å². The predicted molar refractivity (Wildman–Crippen MR) is 51.1 cm³/mol. The van der Waals surface area contributed by atoms with E-state index in [-0.39, 0.29) is 11.1 Å². The summed E-state index contributed by atoms with van der Waals surface area (Å²) < 4.78 is 2.68. The fourth-order valence-corrected chi connectivity index (χ4v) is 1.25. The van der Waals surface area contributed by atoms with Crippen molar-refractivity contribution in [2.75, 3.05) is 0 Å². The molecular weight excluding hydrogens is 182 g/mol. The van der Waals surface area contributed by atoms with Gasteiger partial charge in [0.1, 0.15) is 5.65 Å². The van der Waals surface area contributed by atoms with Crippen LogP contribution in [-0.4, -0.2) is 14.1 Å². The number of aryl methyl sites for hydroxylation is 2. The van der Waals surface area contributed by atoms with Crippen LogP contribution in [0.1, 0.15) is 0 Å². The largest absolute Gasteiger partial charge is 0.302 e. The Hall–Kier alpha value is -1.91. The van der Waals surface area contributed by atoms with Crippen molar-refractivity contribution in [3.8, 4) is 0 Å². The number of nitrogens with zero attached hydrogens (tertiary/aromatic N) is 3. The lowest BCUT2D eigenvalue weighted by atomic mass is 10.3. The van der Waals surface area contributed by atoms with Crippen LogP contribution in [-0.2, 0) is 14.1 Å². The van der Waals surface area contributed by atoms with Gasteiger partial charge in [-0.05, 0) is 0 Å². The van der Waals surface area contributed by atoms with Crippen molar-refractivity contribution in [3.63, 3.8) is 0 Å². The first-order valence-corrected chi connectivity index (χ1v) is 4.04. The molecule has 0 bridgehead atoms. The van der Waals surface area contributed by atoms with Crippen molar-refractivity contribution in [1.29, 1.82) is 0 Å². The van der Waals surface area contributed by atoms with E-state index < -0.39 is 0 Å². The first-order valence-electron chi connectivity index (χ1n) is 4.04. The van der Waals surface area contributed by atoms with Gasteiger partial charge < -0.3 is 4.57 Å². The third kappa shape index (κ3) is 1.06. The Balaban J connectivity index is 3.10. The average molecular weight is 190 g/mol. The second kappa shape index (κ2) is 2.80. The average Bonchev–Trinajstić information content (AvgIpc) is 2.17. The molecule has 14 heavy (non-hydrogen) atoms. The molecular formula is C9H8N3O2. The van der Waals surface area contributed by atoms with Gasteiger partial charge in [-0.15, -0.1) is 0 Å². The van der Waals surface area contributed by atoms with Crippen LogP contribution in [0.25, 0.3) is 11.0 Å². The van der Waals surface area contributed by atoms with Gasteiger partial charge in [0.25, 0.3) is 11.1 Å². The van der Waals surface area contributed by atoms with Gasteiger partial charge in [-0.3, -0.25) is 14.2 Å². The lowest BCUT2D eigenvalue weighted by Gasteiger charge is -2.03. The summed E-state index contributed by atoms with van der Waals surface area (Å²) in [5.74, 6) is 0. The van der Waals surface area contributed by atoms with E-state index in [2.05, 4.69) is 11.1 Å². The van der Waals surface area contributed by atoms with E-state index in [9.17, 15) is 9.59 Å². The molecule has 0 aromatic carbocycles. The van der Waals surface area contributed by atoms with Crippen molar-refractivity contribution >= 4 is 11.0 Å². The fourth-order valence-electron chi connectivity index (χ4n) is 1.25. The Bertz CT molecular complexity index is 609. The summed E-state index contributed by atoms with van der Waals surface area (Å²) in [6.07, 6.45) is 1.39. The summed E-state index contributed by atoms with van der Waals surface area (Å²) in [6.45, 7) is 0. The van der Waals surface area contributed by atoms with Gasteiger partial charge in [0.05, 0.1) is 11.7 Å². The van der Waals surface area contributed by atoms with E-state index in [4.69, 9.17) is 0 Å². The molecule has 0 aliphatic carbocycles. The lowest BCUT2D eigenvalue weighted by molar-refractivity contribution is 0.815. The number of fused-ring (bicyclic) bond motifs is 1. The van der Waals surface area contributed by atoms with Gasteiger partial charge in [-0.25, -0.2) is 4.98 Å². The molecule has 0 saturated carbocycles. The molecule has 0 aliphatic rings. The summed E-state index contributed by atoms with van der Waals surface area (Å²) in [7, 11) is 3.18. The normalized spacial score (nSPS) is 10.7. The van der Waals surface area contributed by atoms with Gasteiger partial charge in [0.2, 0.25) is 0 Å². The molecule has 71 valence electrons. The zero-order valence-corrected chi connectivity index (χ0v) is 7.81. The predicted octanol–water partition coefficient (Wildman–Crippen LogP) is -0.568. The second-order valence-corrected chi connectivity index (χ2v) is 3.05. The highest BCUT2D eigenvalue weighted by atomic mass is 16.1. The molecule has 2 aromatic rings. The molecule has 0 N–H and O–H groups in total. The highest BCUT2D eigenvalue weighted by Crippen LogP contribution is 1.99. The van der Waals surface area contributed by atoms with Gasteiger partial charge in [0.15, 0.2) is 0 Å². The van der Waals surface area contributed by atoms with Crippen molar-refractivity contribution < 1.29 is 0 Å². The molecule has 0 fully saturated rings. The molecule has 5 heteroatoms. The minimum atomic E-state index is -0.224. The second-order valence-electron chi connectivity index (χ2n) is 3.05. The fraction of sp³-hybridized carbons (Fsp3) is 0.222.